The molecule has 6 heteroatoms. The van der Waals surface area contributed by atoms with Crippen LogP contribution in [0.4, 0.5) is 11.4 Å². The third-order valence-corrected chi connectivity index (χ3v) is 8.23. The van der Waals surface area contributed by atoms with Gasteiger partial charge in [0, 0.05) is 11.3 Å². The van der Waals surface area contributed by atoms with E-state index in [1.807, 2.05) is 12.1 Å². The van der Waals surface area contributed by atoms with Crippen LogP contribution in [0.5, 0.6) is 11.5 Å². The summed E-state index contributed by atoms with van der Waals surface area (Å²) in [6, 6.07) is 12.2. The van der Waals surface area contributed by atoms with Gasteiger partial charge in [-0.1, -0.05) is 56.9 Å². The molecule has 0 heterocycles. The first-order valence-electron chi connectivity index (χ1n) is 13.3. The van der Waals surface area contributed by atoms with Gasteiger partial charge in [0.2, 0.25) is 11.6 Å². The van der Waals surface area contributed by atoms with E-state index in [9.17, 15) is 19.8 Å². The number of ketones is 2. The van der Waals surface area contributed by atoms with Gasteiger partial charge in [0.15, 0.2) is 0 Å². The quantitative estimate of drug-likeness (QED) is 0.135. The Kier molecular flexibility index (Phi) is 6.67. The van der Waals surface area contributed by atoms with Crippen LogP contribution < -0.4 is 11.5 Å². The summed E-state index contributed by atoms with van der Waals surface area (Å²) in [6.45, 7) is 2.25. The van der Waals surface area contributed by atoms with E-state index in [0.29, 0.717) is 11.5 Å². The average molecular weight is 499 g/mol. The van der Waals surface area contributed by atoms with E-state index in [-0.39, 0.29) is 45.1 Å². The van der Waals surface area contributed by atoms with Crippen molar-refractivity contribution >= 4 is 22.9 Å². The Labute approximate surface area is 217 Å². The van der Waals surface area contributed by atoms with Gasteiger partial charge in [-0.3, -0.25) is 9.59 Å². The summed E-state index contributed by atoms with van der Waals surface area (Å²) in [5, 5.41) is 21.2. The summed E-state index contributed by atoms with van der Waals surface area (Å²) in [5.41, 5.74) is 14.5. The fourth-order valence-corrected chi connectivity index (χ4v) is 6.12. The predicted molar refractivity (Wildman–Crippen MR) is 146 cm³/mol. The average Bonchev–Trinajstić information content (AvgIpc) is 2.90. The second kappa shape index (κ2) is 9.92. The van der Waals surface area contributed by atoms with Crippen molar-refractivity contribution in [1.82, 2.24) is 0 Å². The Bertz CT molecular complexity index is 1370. The molecule has 0 aliphatic heterocycles. The number of unbranched alkanes of at least 4 members (excludes halogenated alkanes) is 2. The van der Waals surface area contributed by atoms with Gasteiger partial charge >= 0.3 is 0 Å². The van der Waals surface area contributed by atoms with Crippen molar-refractivity contribution in [2.75, 3.05) is 11.5 Å². The molecule has 6 nitrogen and oxygen atoms in total. The van der Waals surface area contributed by atoms with E-state index in [0.717, 1.165) is 11.5 Å². The van der Waals surface area contributed by atoms with E-state index in [2.05, 4.69) is 19.1 Å². The topological polar surface area (TPSA) is 127 Å². The molecule has 0 radical (unpaired) electrons. The molecular formula is C31H34N2O4. The lowest BCUT2D eigenvalue weighted by molar-refractivity contribution is 0.0975. The van der Waals surface area contributed by atoms with Crippen LogP contribution in [-0.2, 0) is 0 Å². The van der Waals surface area contributed by atoms with Crippen LogP contribution in [0.2, 0.25) is 0 Å². The normalized spacial score (nSPS) is 18.9. The molecule has 0 spiro atoms. The predicted octanol–water partition coefficient (Wildman–Crippen LogP) is 6.56. The Balaban J connectivity index is 1.42. The lowest BCUT2D eigenvalue weighted by Gasteiger charge is -2.29. The molecule has 0 amide bonds. The number of carbonyl (C=O) groups is 2. The molecule has 3 aromatic rings. The summed E-state index contributed by atoms with van der Waals surface area (Å²) in [6.07, 6.45) is 10.2. The van der Waals surface area contributed by atoms with Crippen LogP contribution in [0, 0.1) is 5.92 Å². The number of hydrogen-bond donors (Lipinski definition) is 4. The van der Waals surface area contributed by atoms with Crippen molar-refractivity contribution < 1.29 is 19.8 Å². The van der Waals surface area contributed by atoms with Crippen LogP contribution in [0.3, 0.4) is 0 Å². The third kappa shape index (κ3) is 4.35. The molecule has 0 atom stereocenters. The van der Waals surface area contributed by atoms with E-state index in [1.165, 1.54) is 75.1 Å². The molecule has 1 saturated carbocycles. The smallest absolute Gasteiger partial charge is 0.200 e. The third-order valence-electron chi connectivity index (χ3n) is 8.23. The number of aromatic hydroxyl groups is 2. The van der Waals surface area contributed by atoms with Crippen LogP contribution in [0.1, 0.15) is 102 Å². The van der Waals surface area contributed by atoms with Gasteiger partial charge < -0.3 is 21.7 Å². The minimum atomic E-state index is -0.630. The monoisotopic (exact) mass is 498 g/mol. The van der Waals surface area contributed by atoms with Gasteiger partial charge in [0.05, 0.1) is 27.9 Å². The summed E-state index contributed by atoms with van der Waals surface area (Å²) in [4.78, 5) is 26.6. The molecule has 0 aromatic heterocycles. The van der Waals surface area contributed by atoms with Crippen LogP contribution in [-0.4, -0.2) is 21.8 Å². The lowest BCUT2D eigenvalue weighted by atomic mass is 9.76. The number of hydrogen-bond acceptors (Lipinski definition) is 6. The van der Waals surface area contributed by atoms with Crippen molar-refractivity contribution in [2.45, 2.75) is 64.2 Å². The van der Waals surface area contributed by atoms with Gasteiger partial charge in [0.25, 0.3) is 0 Å². The molecule has 1 fully saturated rings. The maximum absolute atomic E-state index is 13.4. The molecule has 37 heavy (non-hydrogen) atoms. The number of rotatable bonds is 6. The Morgan fingerprint density at radius 2 is 1.43 bits per heavy atom. The van der Waals surface area contributed by atoms with Gasteiger partial charge in [-0.05, 0) is 66.8 Å². The van der Waals surface area contributed by atoms with E-state index >= 15 is 0 Å². The van der Waals surface area contributed by atoms with Crippen molar-refractivity contribution in [3.05, 3.63) is 70.3 Å². The highest BCUT2D eigenvalue weighted by Crippen LogP contribution is 2.45. The number of anilines is 2. The second-order valence-electron chi connectivity index (χ2n) is 10.5. The van der Waals surface area contributed by atoms with Gasteiger partial charge in [-0.15, -0.1) is 0 Å². The Hall–Kier alpha value is -3.80. The summed E-state index contributed by atoms with van der Waals surface area (Å²) >= 11 is 0. The number of nitrogens with two attached hydrogens (primary N) is 2. The Morgan fingerprint density at radius 3 is 2.11 bits per heavy atom. The molecule has 5 rings (SSSR count). The summed E-state index contributed by atoms with van der Waals surface area (Å²) in [5.74, 6) is -0.556. The maximum Gasteiger partial charge on any atom is 0.200 e. The fraction of sp³-hybridized carbons (Fsp3) is 0.355. The first kappa shape index (κ1) is 24.9. The maximum atomic E-state index is 13.4. The van der Waals surface area contributed by atoms with E-state index in [4.69, 9.17) is 11.5 Å². The molecule has 0 unspecified atom stereocenters. The molecule has 0 bridgehead atoms. The number of benzene rings is 3. The van der Waals surface area contributed by atoms with Gasteiger partial charge in [-0.2, -0.15) is 0 Å². The van der Waals surface area contributed by atoms with Crippen molar-refractivity contribution in [1.29, 1.82) is 0 Å². The van der Waals surface area contributed by atoms with Gasteiger partial charge in [0.1, 0.15) is 11.5 Å². The van der Waals surface area contributed by atoms with Crippen molar-refractivity contribution in [3.63, 3.8) is 0 Å². The van der Waals surface area contributed by atoms with Crippen LogP contribution in [0.25, 0.3) is 11.1 Å². The largest absolute Gasteiger partial charge is 0.507 e. The zero-order chi connectivity index (χ0) is 26.3. The number of phenolic OH excluding ortho intramolecular Hbond substituents is 2. The highest BCUT2D eigenvalue weighted by atomic mass is 16.3. The standard InChI is InChI=1S/C31H34N2O4/c1-2-3-4-5-17-6-8-18(9-7-17)19-10-12-20(13-11-19)21-16-24(35)27-28(29(21)33)31(37)26-23(34)15-14-22(32)25(26)30(27)36/h10-18,34-35H,2-9,32-33H2,1H3. The zero-order valence-electron chi connectivity index (χ0n) is 21.2. The molecule has 3 aromatic carbocycles. The molecule has 0 saturated heterocycles. The molecular weight excluding hydrogens is 464 g/mol. The SMILES string of the molecule is CCCCCC1CCC(c2ccc(-c3cc(O)c4c(c3N)C(=O)c3c(O)ccc(N)c3C4=O)cc2)CC1. The molecule has 2 aliphatic rings. The molecule has 192 valence electrons. The van der Waals surface area contributed by atoms with Crippen molar-refractivity contribution in [2.24, 2.45) is 5.92 Å². The highest BCUT2D eigenvalue weighted by Gasteiger charge is 2.38. The first-order chi connectivity index (χ1) is 17.8. The number of phenols is 2. The minimum Gasteiger partial charge on any atom is -0.507 e. The lowest BCUT2D eigenvalue weighted by Crippen LogP contribution is -2.24. The van der Waals surface area contributed by atoms with Crippen LogP contribution in [0.15, 0.2) is 42.5 Å². The Morgan fingerprint density at radius 1 is 0.784 bits per heavy atom. The van der Waals surface area contributed by atoms with E-state index in [1.54, 1.807) is 0 Å². The zero-order valence-corrected chi connectivity index (χ0v) is 21.2. The van der Waals surface area contributed by atoms with E-state index < -0.39 is 11.6 Å². The van der Waals surface area contributed by atoms with Gasteiger partial charge in [-0.25, -0.2) is 0 Å². The summed E-state index contributed by atoms with van der Waals surface area (Å²) in [7, 11) is 0. The summed E-state index contributed by atoms with van der Waals surface area (Å²) < 4.78 is 0. The fourth-order valence-electron chi connectivity index (χ4n) is 6.12. The minimum absolute atomic E-state index is 0.0597. The first-order valence-corrected chi connectivity index (χ1v) is 13.3. The van der Waals surface area contributed by atoms with Crippen LogP contribution >= 0.6 is 0 Å². The number of nitrogen functional groups attached to an aromatic ring is 2. The number of carbonyl (C=O) groups excluding carboxylic acids is 2. The number of fused-ring (bicyclic) bond motifs is 2. The molecule has 6 N–H and O–H groups in total. The van der Waals surface area contributed by atoms with Crippen molar-refractivity contribution in [3.8, 4) is 22.6 Å². The second-order valence-corrected chi connectivity index (χ2v) is 10.5. The highest BCUT2D eigenvalue weighted by molar-refractivity contribution is 6.34. The molecule has 2 aliphatic carbocycles.